The minimum Gasteiger partial charge on any atom is -0.338 e. The second kappa shape index (κ2) is 5.67. The van der Waals surface area contributed by atoms with Crippen LogP contribution >= 0.6 is 0 Å². The lowest BCUT2D eigenvalue weighted by Gasteiger charge is -2.37. The van der Waals surface area contributed by atoms with Gasteiger partial charge in [-0.15, -0.1) is 0 Å². The summed E-state index contributed by atoms with van der Waals surface area (Å²) in [5, 5.41) is 0. The number of amides is 2. The van der Waals surface area contributed by atoms with E-state index in [1.54, 1.807) is 23.6 Å². The maximum Gasteiger partial charge on any atom is 0.242 e. The van der Waals surface area contributed by atoms with Crippen molar-refractivity contribution in [3.05, 3.63) is 0 Å². The van der Waals surface area contributed by atoms with E-state index in [4.69, 9.17) is 5.73 Å². The molecule has 0 atom stereocenters. The molecule has 2 amide bonds. The zero-order valence-electron chi connectivity index (χ0n) is 11.8. The third-order valence-electron chi connectivity index (χ3n) is 2.92. The molecular formula is C12H24N4O2. The molecule has 0 aromatic rings. The molecule has 0 spiro atoms. The Morgan fingerprint density at radius 3 is 1.94 bits per heavy atom. The highest BCUT2D eigenvalue weighted by molar-refractivity contribution is 5.85. The highest BCUT2D eigenvalue weighted by Crippen LogP contribution is 2.09. The Morgan fingerprint density at radius 2 is 1.56 bits per heavy atom. The Hall–Kier alpha value is -1.14. The molecule has 1 saturated heterocycles. The van der Waals surface area contributed by atoms with E-state index in [1.807, 2.05) is 19.0 Å². The van der Waals surface area contributed by atoms with Crippen LogP contribution in [0.15, 0.2) is 0 Å². The van der Waals surface area contributed by atoms with Crippen LogP contribution in [-0.4, -0.2) is 78.9 Å². The van der Waals surface area contributed by atoms with Crippen LogP contribution in [0.4, 0.5) is 0 Å². The van der Waals surface area contributed by atoms with Gasteiger partial charge in [-0.2, -0.15) is 0 Å². The molecule has 6 nitrogen and oxygen atoms in total. The molecule has 1 aliphatic rings. The molecule has 1 aliphatic heterocycles. The van der Waals surface area contributed by atoms with E-state index in [9.17, 15) is 9.59 Å². The molecule has 0 saturated carbocycles. The number of hydrogen-bond donors (Lipinski definition) is 1. The van der Waals surface area contributed by atoms with Gasteiger partial charge in [-0.25, -0.2) is 0 Å². The summed E-state index contributed by atoms with van der Waals surface area (Å²) in [5.74, 6) is 0.0568. The quantitative estimate of drug-likeness (QED) is 0.700. The van der Waals surface area contributed by atoms with Crippen molar-refractivity contribution in [1.29, 1.82) is 0 Å². The molecule has 0 radical (unpaired) electrons. The lowest BCUT2D eigenvalue weighted by molar-refractivity contribution is -0.142. The Bertz CT molecular complexity index is 315. The normalized spacial score (nSPS) is 17.2. The van der Waals surface area contributed by atoms with E-state index in [-0.39, 0.29) is 11.8 Å². The molecule has 0 aromatic heterocycles. The van der Waals surface area contributed by atoms with Crippen molar-refractivity contribution in [3.8, 4) is 0 Å². The van der Waals surface area contributed by atoms with Crippen molar-refractivity contribution < 1.29 is 9.59 Å². The van der Waals surface area contributed by atoms with E-state index >= 15 is 0 Å². The number of hydrogen-bond acceptors (Lipinski definition) is 4. The monoisotopic (exact) mass is 256 g/mol. The summed E-state index contributed by atoms with van der Waals surface area (Å²) in [5.41, 5.74) is 4.95. The minimum absolute atomic E-state index is 0.0535. The number of piperazine rings is 1. The predicted molar refractivity (Wildman–Crippen MR) is 70.0 cm³/mol. The number of rotatable bonds is 3. The maximum absolute atomic E-state index is 12.0. The SMILES string of the molecule is CN(C)CC(=O)N1CCN(C(=O)C(C)(C)N)CC1. The molecule has 0 unspecified atom stereocenters. The first-order valence-electron chi connectivity index (χ1n) is 6.22. The highest BCUT2D eigenvalue weighted by atomic mass is 16.2. The van der Waals surface area contributed by atoms with Crippen molar-refractivity contribution >= 4 is 11.8 Å². The highest BCUT2D eigenvalue weighted by Gasteiger charge is 2.31. The topological polar surface area (TPSA) is 69.9 Å². The summed E-state index contributed by atoms with van der Waals surface area (Å²) in [4.78, 5) is 29.2. The third kappa shape index (κ3) is 3.96. The van der Waals surface area contributed by atoms with Crippen molar-refractivity contribution in [2.24, 2.45) is 5.73 Å². The second-order valence-corrected chi connectivity index (χ2v) is 5.63. The number of carbonyl (C=O) groups is 2. The smallest absolute Gasteiger partial charge is 0.242 e. The van der Waals surface area contributed by atoms with Crippen LogP contribution in [0.5, 0.6) is 0 Å². The van der Waals surface area contributed by atoms with Gasteiger partial charge >= 0.3 is 0 Å². The van der Waals surface area contributed by atoms with Crippen molar-refractivity contribution in [1.82, 2.24) is 14.7 Å². The molecular weight excluding hydrogens is 232 g/mol. The fraction of sp³-hybridized carbons (Fsp3) is 0.833. The van der Waals surface area contributed by atoms with Gasteiger partial charge in [-0.05, 0) is 27.9 Å². The van der Waals surface area contributed by atoms with E-state index in [0.29, 0.717) is 32.7 Å². The van der Waals surface area contributed by atoms with Crippen molar-refractivity contribution in [2.75, 3.05) is 46.8 Å². The Kier molecular flexibility index (Phi) is 4.70. The average molecular weight is 256 g/mol. The first-order valence-corrected chi connectivity index (χ1v) is 6.22. The molecule has 1 fully saturated rings. The zero-order chi connectivity index (χ0) is 13.9. The average Bonchev–Trinajstić information content (AvgIpc) is 2.26. The Morgan fingerprint density at radius 1 is 1.11 bits per heavy atom. The number of carbonyl (C=O) groups excluding carboxylic acids is 2. The molecule has 0 aromatic carbocycles. The van der Waals surface area contributed by atoms with Gasteiger partial charge < -0.3 is 20.4 Å². The number of likely N-dealkylation sites (N-methyl/N-ethyl adjacent to an activating group) is 1. The summed E-state index contributed by atoms with van der Waals surface area (Å²) in [6, 6.07) is 0. The van der Waals surface area contributed by atoms with Crippen LogP contribution in [0.25, 0.3) is 0 Å². The number of nitrogens with two attached hydrogens (primary N) is 1. The Balaban J connectivity index is 2.46. The molecule has 6 heteroatoms. The molecule has 1 heterocycles. The first kappa shape index (κ1) is 14.9. The molecule has 1 rings (SSSR count). The molecule has 2 N–H and O–H groups in total. The number of nitrogens with zero attached hydrogens (tertiary/aromatic N) is 3. The van der Waals surface area contributed by atoms with Gasteiger partial charge in [0.25, 0.3) is 0 Å². The van der Waals surface area contributed by atoms with Gasteiger partial charge in [-0.3, -0.25) is 9.59 Å². The van der Waals surface area contributed by atoms with Gasteiger partial charge in [0.15, 0.2) is 0 Å². The summed E-state index contributed by atoms with van der Waals surface area (Å²) in [6.45, 7) is 6.15. The van der Waals surface area contributed by atoms with Crippen LogP contribution in [-0.2, 0) is 9.59 Å². The standard InChI is InChI=1S/C12H24N4O2/c1-12(2,13)11(18)16-7-5-15(6-8-16)10(17)9-14(3)4/h5-9,13H2,1-4H3. The Labute approximate surface area is 109 Å². The van der Waals surface area contributed by atoms with E-state index < -0.39 is 5.54 Å². The fourth-order valence-corrected chi connectivity index (χ4v) is 1.94. The largest absolute Gasteiger partial charge is 0.338 e. The van der Waals surface area contributed by atoms with Crippen LogP contribution in [0.2, 0.25) is 0 Å². The zero-order valence-corrected chi connectivity index (χ0v) is 11.8. The minimum atomic E-state index is -0.837. The van der Waals surface area contributed by atoms with Gasteiger partial charge in [0.2, 0.25) is 11.8 Å². The summed E-state index contributed by atoms with van der Waals surface area (Å²) >= 11 is 0. The third-order valence-corrected chi connectivity index (χ3v) is 2.92. The second-order valence-electron chi connectivity index (χ2n) is 5.63. The molecule has 18 heavy (non-hydrogen) atoms. The first-order chi connectivity index (χ1) is 8.21. The van der Waals surface area contributed by atoms with Crippen LogP contribution in [0, 0.1) is 0 Å². The molecule has 0 aliphatic carbocycles. The van der Waals surface area contributed by atoms with Crippen molar-refractivity contribution in [3.63, 3.8) is 0 Å². The molecule has 0 bridgehead atoms. The summed E-state index contributed by atoms with van der Waals surface area (Å²) < 4.78 is 0. The van der Waals surface area contributed by atoms with Gasteiger partial charge in [0.1, 0.15) is 0 Å². The van der Waals surface area contributed by atoms with Gasteiger partial charge in [-0.1, -0.05) is 0 Å². The lowest BCUT2D eigenvalue weighted by Crippen LogP contribution is -2.58. The van der Waals surface area contributed by atoms with E-state index in [1.165, 1.54) is 0 Å². The van der Waals surface area contributed by atoms with Crippen molar-refractivity contribution in [2.45, 2.75) is 19.4 Å². The van der Waals surface area contributed by atoms with Gasteiger partial charge in [0.05, 0.1) is 12.1 Å². The van der Waals surface area contributed by atoms with Gasteiger partial charge in [0, 0.05) is 26.2 Å². The summed E-state index contributed by atoms with van der Waals surface area (Å²) in [7, 11) is 3.74. The molecule has 104 valence electrons. The van der Waals surface area contributed by atoms with E-state index in [2.05, 4.69) is 0 Å². The van der Waals surface area contributed by atoms with Crippen LogP contribution in [0.3, 0.4) is 0 Å². The predicted octanol–water partition coefficient (Wildman–Crippen LogP) is -1.04. The van der Waals surface area contributed by atoms with Crippen LogP contribution < -0.4 is 5.73 Å². The fourth-order valence-electron chi connectivity index (χ4n) is 1.94. The maximum atomic E-state index is 12.0. The lowest BCUT2D eigenvalue weighted by atomic mass is 10.0. The summed E-state index contributed by atoms with van der Waals surface area (Å²) in [6.07, 6.45) is 0. The van der Waals surface area contributed by atoms with Crippen LogP contribution in [0.1, 0.15) is 13.8 Å². The van der Waals surface area contributed by atoms with E-state index in [0.717, 1.165) is 0 Å².